The molecular formula is C20H21F3N8S. The maximum atomic E-state index is 13.6. The number of hydrogen-bond acceptors (Lipinski definition) is 7. The predicted octanol–water partition coefficient (Wildman–Crippen LogP) is 3.37. The van der Waals surface area contributed by atoms with Crippen LogP contribution in [0.5, 0.6) is 0 Å². The first-order valence-corrected chi connectivity index (χ1v) is 11.0. The number of rotatable bonds is 4. The third kappa shape index (κ3) is 3.84. The van der Waals surface area contributed by atoms with Gasteiger partial charge in [-0.15, -0.1) is 0 Å². The minimum Gasteiger partial charge on any atom is -0.359 e. The van der Waals surface area contributed by atoms with Crippen molar-refractivity contribution in [1.29, 1.82) is 0 Å². The average Bonchev–Trinajstić information content (AvgIpc) is 3.46. The number of thiazole rings is 1. The van der Waals surface area contributed by atoms with Gasteiger partial charge in [0, 0.05) is 43.5 Å². The molecule has 8 nitrogen and oxygen atoms in total. The van der Waals surface area contributed by atoms with Crippen molar-refractivity contribution in [3.8, 4) is 22.0 Å². The molecule has 12 heteroatoms. The fourth-order valence-corrected chi connectivity index (χ4v) is 5.17. The number of pyridine rings is 1. The van der Waals surface area contributed by atoms with Gasteiger partial charge in [-0.05, 0) is 25.5 Å². The number of aromatic nitrogens is 6. The van der Waals surface area contributed by atoms with Crippen molar-refractivity contribution in [3.63, 3.8) is 0 Å². The maximum Gasteiger partial charge on any atom is 0.393 e. The molecular weight excluding hydrogens is 441 g/mol. The van der Waals surface area contributed by atoms with Gasteiger partial charge in [0.05, 0.1) is 17.8 Å². The van der Waals surface area contributed by atoms with E-state index >= 15 is 0 Å². The number of nitrogens with zero attached hydrogens (tertiary/aromatic N) is 6. The number of aromatic amines is 1. The van der Waals surface area contributed by atoms with Crippen LogP contribution in [0.1, 0.15) is 16.8 Å². The van der Waals surface area contributed by atoms with Gasteiger partial charge in [0.1, 0.15) is 22.0 Å². The Hall–Kier alpha value is -2.99. The molecule has 5 rings (SSSR count). The number of H-pyrrole nitrogens is 1. The highest BCUT2D eigenvalue weighted by atomic mass is 32.1. The standard InChI is InChI=1S/C20H21F3N8S/c1-11-7-13(9-31-17(11)25-10-26-31)15-14(8-20(21,22)23)16(29-28-15)18-27-12(2)19(32-18)30-5-3-24-4-6-30/h7,9-10,24H,3-6,8H2,1-2H3,(H,28,29). The minimum absolute atomic E-state index is 0.0805. The number of hydrogen-bond donors (Lipinski definition) is 2. The van der Waals surface area contributed by atoms with E-state index in [-0.39, 0.29) is 11.3 Å². The highest BCUT2D eigenvalue weighted by molar-refractivity contribution is 7.19. The zero-order valence-corrected chi connectivity index (χ0v) is 18.3. The normalized spacial score (nSPS) is 15.1. The van der Waals surface area contributed by atoms with E-state index in [9.17, 15) is 13.2 Å². The molecule has 0 saturated carbocycles. The van der Waals surface area contributed by atoms with Gasteiger partial charge in [0.25, 0.3) is 0 Å². The van der Waals surface area contributed by atoms with Crippen LogP contribution < -0.4 is 10.2 Å². The summed E-state index contributed by atoms with van der Waals surface area (Å²) in [6.07, 6.45) is -2.43. The maximum absolute atomic E-state index is 13.6. The Labute approximate surface area is 185 Å². The molecule has 0 amide bonds. The smallest absolute Gasteiger partial charge is 0.359 e. The second-order valence-corrected chi connectivity index (χ2v) is 8.78. The van der Waals surface area contributed by atoms with E-state index in [0.717, 1.165) is 42.4 Å². The number of anilines is 1. The highest BCUT2D eigenvalue weighted by Crippen LogP contribution is 2.40. The van der Waals surface area contributed by atoms with Crippen LogP contribution in [-0.2, 0) is 6.42 Å². The van der Waals surface area contributed by atoms with Crippen LogP contribution in [0, 0.1) is 13.8 Å². The molecule has 0 aromatic carbocycles. The first-order chi connectivity index (χ1) is 15.3. The van der Waals surface area contributed by atoms with Gasteiger partial charge in [0.2, 0.25) is 0 Å². The second-order valence-electron chi connectivity index (χ2n) is 7.80. The zero-order valence-electron chi connectivity index (χ0n) is 17.5. The molecule has 5 heterocycles. The number of nitrogens with one attached hydrogen (secondary N) is 2. The third-order valence-electron chi connectivity index (χ3n) is 5.47. The van der Waals surface area contributed by atoms with Gasteiger partial charge in [-0.2, -0.15) is 23.4 Å². The van der Waals surface area contributed by atoms with Gasteiger partial charge < -0.3 is 10.2 Å². The molecule has 0 atom stereocenters. The molecule has 0 bridgehead atoms. The summed E-state index contributed by atoms with van der Waals surface area (Å²) < 4.78 is 42.3. The van der Waals surface area contributed by atoms with Crippen LogP contribution >= 0.6 is 11.3 Å². The average molecular weight is 463 g/mol. The zero-order chi connectivity index (χ0) is 22.5. The monoisotopic (exact) mass is 462 g/mol. The lowest BCUT2D eigenvalue weighted by molar-refractivity contribution is -0.127. The van der Waals surface area contributed by atoms with Crippen LogP contribution in [0.2, 0.25) is 0 Å². The second kappa shape index (κ2) is 7.85. The molecule has 4 aromatic rings. The van der Waals surface area contributed by atoms with E-state index < -0.39 is 12.6 Å². The largest absolute Gasteiger partial charge is 0.393 e. The SMILES string of the molecule is Cc1nc(-c2n[nH]c(-c3cc(C)c4ncnn4c3)c2CC(F)(F)F)sc1N1CCNCC1. The summed E-state index contributed by atoms with van der Waals surface area (Å²) in [6, 6.07) is 1.79. The lowest BCUT2D eigenvalue weighted by Crippen LogP contribution is -2.43. The molecule has 0 radical (unpaired) electrons. The van der Waals surface area contributed by atoms with Gasteiger partial charge >= 0.3 is 6.18 Å². The first-order valence-electron chi connectivity index (χ1n) is 10.2. The van der Waals surface area contributed by atoms with Crippen molar-refractivity contribution in [2.45, 2.75) is 26.4 Å². The third-order valence-corrected chi connectivity index (χ3v) is 6.70. The van der Waals surface area contributed by atoms with Gasteiger partial charge in [-0.1, -0.05) is 11.3 Å². The van der Waals surface area contributed by atoms with E-state index in [1.165, 1.54) is 17.7 Å². The quantitative estimate of drug-likeness (QED) is 0.484. The Kier molecular flexibility index (Phi) is 5.13. The number of aryl methyl sites for hydroxylation is 2. The lowest BCUT2D eigenvalue weighted by atomic mass is 10.0. The predicted molar refractivity (Wildman–Crippen MR) is 116 cm³/mol. The summed E-state index contributed by atoms with van der Waals surface area (Å²) in [6.45, 7) is 7.13. The van der Waals surface area contributed by atoms with Crippen LogP contribution in [-0.4, -0.2) is 62.1 Å². The molecule has 0 unspecified atom stereocenters. The van der Waals surface area contributed by atoms with Gasteiger partial charge in [0.15, 0.2) is 5.65 Å². The van der Waals surface area contributed by atoms with Crippen molar-refractivity contribution < 1.29 is 13.2 Å². The highest BCUT2D eigenvalue weighted by Gasteiger charge is 2.33. The van der Waals surface area contributed by atoms with Crippen LogP contribution in [0.3, 0.4) is 0 Å². The summed E-state index contributed by atoms with van der Waals surface area (Å²) in [4.78, 5) is 11.0. The molecule has 0 spiro atoms. The van der Waals surface area contributed by atoms with Crippen molar-refractivity contribution in [2.75, 3.05) is 31.1 Å². The number of fused-ring (bicyclic) bond motifs is 1. The van der Waals surface area contributed by atoms with Crippen LogP contribution in [0.15, 0.2) is 18.6 Å². The molecule has 32 heavy (non-hydrogen) atoms. The summed E-state index contributed by atoms with van der Waals surface area (Å²) >= 11 is 1.38. The van der Waals surface area contributed by atoms with E-state index in [2.05, 4.69) is 35.5 Å². The molecule has 1 aliphatic heterocycles. The fraction of sp³-hybridized carbons (Fsp3) is 0.400. The van der Waals surface area contributed by atoms with Crippen molar-refractivity contribution in [2.24, 2.45) is 0 Å². The van der Waals surface area contributed by atoms with Crippen LogP contribution in [0.25, 0.3) is 27.6 Å². The number of halogens is 3. The molecule has 4 aromatic heterocycles. The fourth-order valence-electron chi connectivity index (χ4n) is 4.03. The van der Waals surface area contributed by atoms with Crippen molar-refractivity contribution in [1.82, 2.24) is 35.1 Å². The van der Waals surface area contributed by atoms with Crippen LogP contribution in [0.4, 0.5) is 18.2 Å². The van der Waals surface area contributed by atoms with E-state index in [0.29, 0.717) is 21.9 Å². The van der Waals surface area contributed by atoms with Gasteiger partial charge in [-0.3, -0.25) is 5.10 Å². The number of alkyl halides is 3. The molecule has 168 valence electrons. The molecule has 2 N–H and O–H groups in total. The molecule has 1 fully saturated rings. The molecule has 1 saturated heterocycles. The van der Waals surface area contributed by atoms with Gasteiger partial charge in [-0.25, -0.2) is 14.5 Å². The molecule has 0 aliphatic carbocycles. The van der Waals surface area contributed by atoms with Crippen molar-refractivity contribution in [3.05, 3.63) is 35.4 Å². The summed E-state index contributed by atoms with van der Waals surface area (Å²) in [5.41, 5.74) is 3.46. The minimum atomic E-state index is -4.40. The Morgan fingerprint density at radius 1 is 1.19 bits per heavy atom. The Bertz CT molecular complexity index is 1270. The summed E-state index contributed by atoms with van der Waals surface area (Å²) in [7, 11) is 0. The lowest BCUT2D eigenvalue weighted by Gasteiger charge is -2.28. The summed E-state index contributed by atoms with van der Waals surface area (Å²) in [5.74, 6) is 0. The van der Waals surface area contributed by atoms with Crippen molar-refractivity contribution >= 4 is 22.0 Å². The Morgan fingerprint density at radius 2 is 1.97 bits per heavy atom. The van der Waals surface area contributed by atoms with E-state index in [1.807, 2.05) is 13.8 Å². The van der Waals surface area contributed by atoms with E-state index in [4.69, 9.17) is 0 Å². The first kappa shape index (κ1) is 20.9. The Morgan fingerprint density at radius 3 is 2.72 bits per heavy atom. The summed E-state index contributed by atoms with van der Waals surface area (Å²) in [5, 5.41) is 16.0. The Balaban J connectivity index is 1.61. The molecule has 1 aliphatic rings. The number of piperazine rings is 1. The van der Waals surface area contributed by atoms with E-state index in [1.54, 1.807) is 16.8 Å². The topological polar surface area (TPSA) is 87.0 Å².